The van der Waals surface area contributed by atoms with E-state index in [1.54, 1.807) is 32.3 Å². The van der Waals surface area contributed by atoms with Crippen LogP contribution >= 0.6 is 21.6 Å². The van der Waals surface area contributed by atoms with Gasteiger partial charge in [-0.3, -0.25) is 0 Å². The summed E-state index contributed by atoms with van der Waals surface area (Å²) in [5.41, 5.74) is 15.1. The van der Waals surface area contributed by atoms with Gasteiger partial charge in [0.15, 0.2) is 11.2 Å². The molecule has 0 aliphatic carbocycles. The molecule has 5 N–H and O–H groups in total. The number of oxazole rings is 1. The Morgan fingerprint density at radius 2 is 2.19 bits per heavy atom. The third kappa shape index (κ3) is 2.78. The van der Waals surface area contributed by atoms with Crippen LogP contribution in [0, 0.1) is 0 Å². The molecule has 4 aromatic rings. The molecule has 27 heavy (non-hydrogen) atoms. The van der Waals surface area contributed by atoms with E-state index in [-0.39, 0.29) is 17.4 Å². The molecule has 1 fully saturated rings. The zero-order chi connectivity index (χ0) is 18.5. The largest absolute Gasteiger partial charge is 0.424 e. The molecule has 1 saturated heterocycles. The lowest BCUT2D eigenvalue weighted by Gasteiger charge is -2.12. The number of hydrogen-bond acceptors (Lipinski definition) is 10. The SMILES string of the molecule is Nc1nc2cc(-c3nn(CC4SSCC4O)c4ncnc(N)c34)ccc2o1. The van der Waals surface area contributed by atoms with Crippen molar-refractivity contribution in [3.63, 3.8) is 0 Å². The minimum Gasteiger partial charge on any atom is -0.424 e. The van der Waals surface area contributed by atoms with Gasteiger partial charge < -0.3 is 21.0 Å². The fourth-order valence-corrected chi connectivity index (χ4v) is 6.06. The number of aliphatic hydroxyl groups excluding tert-OH is 1. The molecule has 4 heterocycles. The average Bonchev–Trinajstić information content (AvgIpc) is 3.32. The summed E-state index contributed by atoms with van der Waals surface area (Å²) in [6.07, 6.45) is 1.05. The quantitative estimate of drug-likeness (QED) is 0.436. The van der Waals surface area contributed by atoms with Gasteiger partial charge in [0.1, 0.15) is 23.4 Å². The highest BCUT2D eigenvalue weighted by Crippen LogP contribution is 2.39. The lowest BCUT2D eigenvalue weighted by molar-refractivity contribution is 0.191. The fourth-order valence-electron chi connectivity index (χ4n) is 3.14. The summed E-state index contributed by atoms with van der Waals surface area (Å²) in [5.74, 6) is 1.07. The highest BCUT2D eigenvalue weighted by atomic mass is 33.1. The second kappa shape index (κ2) is 6.29. The second-order valence-corrected chi connectivity index (χ2v) is 8.86. The maximum Gasteiger partial charge on any atom is 0.292 e. The summed E-state index contributed by atoms with van der Waals surface area (Å²) >= 11 is 0. The number of benzene rings is 1. The Bertz CT molecular complexity index is 1160. The Hall–Kier alpha value is -2.50. The second-order valence-electron chi connectivity index (χ2n) is 6.21. The lowest BCUT2D eigenvalue weighted by atomic mass is 10.1. The molecule has 9 nitrogen and oxygen atoms in total. The summed E-state index contributed by atoms with van der Waals surface area (Å²) in [4.78, 5) is 12.7. The smallest absolute Gasteiger partial charge is 0.292 e. The zero-order valence-corrected chi connectivity index (χ0v) is 15.6. The van der Waals surface area contributed by atoms with E-state index in [0.29, 0.717) is 45.9 Å². The molecule has 5 rings (SSSR count). The van der Waals surface area contributed by atoms with Crippen LogP contribution in [0.3, 0.4) is 0 Å². The molecular weight excluding hydrogens is 386 g/mol. The van der Waals surface area contributed by atoms with E-state index in [0.717, 1.165) is 5.56 Å². The minimum atomic E-state index is -0.378. The molecule has 11 heteroatoms. The fraction of sp³-hybridized carbons (Fsp3) is 0.250. The molecule has 0 spiro atoms. The number of nitrogen functional groups attached to an aromatic ring is 2. The van der Waals surface area contributed by atoms with Gasteiger partial charge in [0, 0.05) is 11.3 Å². The summed E-state index contributed by atoms with van der Waals surface area (Å²) < 4.78 is 7.12. The zero-order valence-electron chi connectivity index (χ0n) is 13.9. The van der Waals surface area contributed by atoms with Crippen molar-refractivity contribution in [2.75, 3.05) is 17.2 Å². The maximum absolute atomic E-state index is 10.2. The Kier molecular flexibility index (Phi) is 3.88. The molecule has 138 valence electrons. The Labute approximate surface area is 160 Å². The highest BCUT2D eigenvalue weighted by Gasteiger charge is 2.29. The van der Waals surface area contributed by atoms with Crippen LogP contribution in [0.1, 0.15) is 0 Å². The molecule has 1 aliphatic rings. The van der Waals surface area contributed by atoms with Gasteiger partial charge in [-0.15, -0.1) is 0 Å². The van der Waals surface area contributed by atoms with Gasteiger partial charge in [0.05, 0.1) is 23.3 Å². The molecular formula is C16H15N7O2S2. The number of anilines is 2. The van der Waals surface area contributed by atoms with Crippen LogP contribution in [0.2, 0.25) is 0 Å². The standard InChI is InChI=1S/C16H15N7O2S2/c17-14-12-13(7-1-2-10-8(3-7)21-16(18)25-10)22-23(15(12)20-6-19-14)4-11-9(24)5-26-27-11/h1-3,6,9,11,24H,4-5H2,(H2,18,21)(H2,17,19,20). The third-order valence-electron chi connectivity index (χ3n) is 4.45. The van der Waals surface area contributed by atoms with Crippen molar-refractivity contribution >= 4 is 55.6 Å². The van der Waals surface area contributed by atoms with E-state index in [9.17, 15) is 5.11 Å². The monoisotopic (exact) mass is 401 g/mol. The van der Waals surface area contributed by atoms with Crippen molar-refractivity contribution in [2.24, 2.45) is 0 Å². The first kappa shape index (κ1) is 16.7. The maximum atomic E-state index is 10.2. The summed E-state index contributed by atoms with van der Waals surface area (Å²) in [6.45, 7) is 0.533. The lowest BCUT2D eigenvalue weighted by Crippen LogP contribution is -2.25. The van der Waals surface area contributed by atoms with Crippen molar-refractivity contribution in [2.45, 2.75) is 17.9 Å². The van der Waals surface area contributed by atoms with Crippen molar-refractivity contribution in [3.8, 4) is 11.3 Å². The average molecular weight is 401 g/mol. The molecule has 3 aromatic heterocycles. The van der Waals surface area contributed by atoms with Crippen LogP contribution < -0.4 is 11.5 Å². The van der Waals surface area contributed by atoms with Crippen molar-refractivity contribution in [3.05, 3.63) is 24.5 Å². The Morgan fingerprint density at radius 1 is 1.30 bits per heavy atom. The van der Waals surface area contributed by atoms with Gasteiger partial charge in [0.2, 0.25) is 0 Å². The van der Waals surface area contributed by atoms with E-state index in [2.05, 4.69) is 15.0 Å². The van der Waals surface area contributed by atoms with E-state index in [1.807, 2.05) is 12.1 Å². The first-order valence-corrected chi connectivity index (χ1v) is 10.6. The number of aliphatic hydroxyl groups is 1. The normalized spacial score (nSPS) is 20.0. The summed E-state index contributed by atoms with van der Waals surface area (Å²) in [5, 5.41) is 15.6. The predicted molar refractivity (Wildman–Crippen MR) is 107 cm³/mol. The molecule has 1 aliphatic heterocycles. The van der Waals surface area contributed by atoms with Gasteiger partial charge in [-0.2, -0.15) is 10.1 Å². The molecule has 0 radical (unpaired) electrons. The third-order valence-corrected chi connectivity index (χ3v) is 7.33. The van der Waals surface area contributed by atoms with Gasteiger partial charge in [-0.1, -0.05) is 21.6 Å². The van der Waals surface area contributed by atoms with Crippen LogP contribution in [0.4, 0.5) is 11.8 Å². The van der Waals surface area contributed by atoms with E-state index in [1.165, 1.54) is 6.33 Å². The number of hydrogen-bond donors (Lipinski definition) is 3. The molecule has 0 bridgehead atoms. The summed E-state index contributed by atoms with van der Waals surface area (Å²) in [7, 11) is 3.33. The number of nitrogens with two attached hydrogens (primary N) is 2. The topological polar surface area (TPSA) is 142 Å². The van der Waals surface area contributed by atoms with E-state index in [4.69, 9.17) is 21.0 Å². The summed E-state index contributed by atoms with van der Waals surface area (Å²) in [6, 6.07) is 5.64. The van der Waals surface area contributed by atoms with Crippen molar-refractivity contribution in [1.82, 2.24) is 24.7 Å². The Morgan fingerprint density at radius 3 is 3.00 bits per heavy atom. The van der Waals surface area contributed by atoms with Gasteiger partial charge in [0.25, 0.3) is 6.01 Å². The number of fused-ring (bicyclic) bond motifs is 2. The molecule has 2 unspecified atom stereocenters. The van der Waals surface area contributed by atoms with Crippen molar-refractivity contribution < 1.29 is 9.52 Å². The first-order chi connectivity index (χ1) is 13.1. The van der Waals surface area contributed by atoms with Crippen LogP contribution in [0.25, 0.3) is 33.4 Å². The van der Waals surface area contributed by atoms with Crippen LogP contribution in [0.5, 0.6) is 0 Å². The molecule has 0 amide bonds. The number of nitrogens with zero attached hydrogens (tertiary/aromatic N) is 5. The molecule has 1 aromatic carbocycles. The van der Waals surface area contributed by atoms with Gasteiger partial charge in [-0.05, 0) is 18.2 Å². The predicted octanol–water partition coefficient (Wildman–Crippen LogP) is 1.92. The Balaban J connectivity index is 1.66. The molecule has 0 saturated carbocycles. The number of aromatic nitrogens is 5. The van der Waals surface area contributed by atoms with Crippen LogP contribution in [0.15, 0.2) is 28.9 Å². The van der Waals surface area contributed by atoms with Gasteiger partial charge in [-0.25, -0.2) is 14.6 Å². The van der Waals surface area contributed by atoms with E-state index >= 15 is 0 Å². The number of rotatable bonds is 3. The van der Waals surface area contributed by atoms with Crippen LogP contribution in [-0.2, 0) is 6.54 Å². The first-order valence-electron chi connectivity index (χ1n) is 8.20. The van der Waals surface area contributed by atoms with E-state index < -0.39 is 0 Å². The minimum absolute atomic E-state index is 0.0416. The highest BCUT2D eigenvalue weighted by molar-refractivity contribution is 8.77. The van der Waals surface area contributed by atoms with Crippen LogP contribution in [-0.4, -0.2) is 46.9 Å². The van der Waals surface area contributed by atoms with Crippen molar-refractivity contribution in [1.29, 1.82) is 0 Å². The molecule has 2 atom stereocenters. The van der Waals surface area contributed by atoms with Gasteiger partial charge >= 0.3 is 0 Å².